The second kappa shape index (κ2) is 5.12. The molecule has 0 amide bonds. The zero-order valence-electron chi connectivity index (χ0n) is 8.45. The topological polar surface area (TPSA) is 48.1 Å². The number of ether oxygens (including phenoxy) is 1. The Bertz CT molecular complexity index is 546. The Morgan fingerprint density at radius 3 is 2.41 bits per heavy atom. The molecule has 2 N–H and O–H groups in total. The van der Waals surface area contributed by atoms with Crippen molar-refractivity contribution in [1.29, 1.82) is 0 Å². The molecule has 0 unspecified atom stereocenters. The number of hydrogen-bond acceptors (Lipinski definition) is 3. The van der Waals surface area contributed by atoms with Crippen molar-refractivity contribution in [3.05, 3.63) is 44.8 Å². The number of aromatic nitrogens is 1. The minimum absolute atomic E-state index is 0.183. The number of hydrogen-bond donors (Lipinski definition) is 1. The van der Waals surface area contributed by atoms with Gasteiger partial charge in [-0.3, -0.25) is 0 Å². The highest BCUT2D eigenvalue weighted by atomic mass is 79.9. The van der Waals surface area contributed by atoms with Crippen molar-refractivity contribution in [2.24, 2.45) is 0 Å². The van der Waals surface area contributed by atoms with Crippen molar-refractivity contribution in [3.8, 4) is 11.6 Å². The van der Waals surface area contributed by atoms with Crippen molar-refractivity contribution in [1.82, 2.24) is 4.98 Å². The van der Waals surface area contributed by atoms with Crippen LogP contribution < -0.4 is 10.5 Å². The van der Waals surface area contributed by atoms with Crippen LogP contribution in [-0.4, -0.2) is 4.98 Å². The first-order valence-corrected chi connectivity index (χ1v) is 6.16. The van der Waals surface area contributed by atoms with E-state index in [1.54, 1.807) is 12.1 Å². The summed E-state index contributed by atoms with van der Waals surface area (Å²) in [4.78, 5) is 3.97. The molecule has 3 nitrogen and oxygen atoms in total. The van der Waals surface area contributed by atoms with Gasteiger partial charge in [-0.25, -0.2) is 0 Å². The average Bonchev–Trinajstić information content (AvgIpc) is 2.29. The summed E-state index contributed by atoms with van der Waals surface area (Å²) in [6.45, 7) is 0. The van der Waals surface area contributed by atoms with Gasteiger partial charge in [0.15, 0.2) is 0 Å². The number of rotatable bonds is 2. The molecule has 1 aromatic heterocycles. The zero-order chi connectivity index (χ0) is 12.4. The SMILES string of the molecule is Nc1nc(Oc2ccc(Br)cc2)c(Cl)cc1Cl. The summed E-state index contributed by atoms with van der Waals surface area (Å²) in [5.41, 5.74) is 5.58. The van der Waals surface area contributed by atoms with Gasteiger partial charge < -0.3 is 10.5 Å². The number of nitrogens with two attached hydrogens (primary N) is 1. The van der Waals surface area contributed by atoms with Gasteiger partial charge in [-0.05, 0) is 30.3 Å². The van der Waals surface area contributed by atoms with Gasteiger partial charge in [-0.1, -0.05) is 39.1 Å². The van der Waals surface area contributed by atoms with Gasteiger partial charge in [-0.15, -0.1) is 0 Å². The first-order chi connectivity index (χ1) is 8.06. The Morgan fingerprint density at radius 2 is 1.76 bits per heavy atom. The molecule has 2 aromatic rings. The molecule has 0 atom stereocenters. The number of halogens is 3. The number of pyridine rings is 1. The molecular weight excluding hydrogens is 327 g/mol. The van der Waals surface area contributed by atoms with E-state index in [4.69, 9.17) is 33.7 Å². The predicted octanol–water partition coefficient (Wildman–Crippen LogP) is 4.53. The van der Waals surface area contributed by atoms with Gasteiger partial charge in [0.05, 0.1) is 5.02 Å². The van der Waals surface area contributed by atoms with Gasteiger partial charge in [0.1, 0.15) is 16.6 Å². The first kappa shape index (κ1) is 12.5. The summed E-state index contributed by atoms with van der Waals surface area (Å²) in [6, 6.07) is 8.77. The lowest BCUT2D eigenvalue weighted by molar-refractivity contribution is 0.464. The van der Waals surface area contributed by atoms with Crippen LogP contribution in [0.15, 0.2) is 34.8 Å². The molecular formula is C11H7BrCl2N2O. The van der Waals surface area contributed by atoms with E-state index >= 15 is 0 Å². The van der Waals surface area contributed by atoms with E-state index in [2.05, 4.69) is 20.9 Å². The van der Waals surface area contributed by atoms with Crippen LogP contribution in [0.4, 0.5) is 5.82 Å². The molecule has 0 bridgehead atoms. The maximum atomic E-state index is 5.95. The maximum absolute atomic E-state index is 5.95. The number of nitrogens with zero attached hydrogens (tertiary/aromatic N) is 1. The van der Waals surface area contributed by atoms with E-state index in [0.29, 0.717) is 15.8 Å². The molecule has 6 heteroatoms. The lowest BCUT2D eigenvalue weighted by atomic mass is 10.3. The summed E-state index contributed by atoms with van der Waals surface area (Å²) in [5, 5.41) is 0.616. The van der Waals surface area contributed by atoms with E-state index in [1.165, 1.54) is 6.07 Å². The van der Waals surface area contributed by atoms with E-state index in [0.717, 1.165) is 4.47 Å². The Labute approximate surface area is 117 Å². The molecule has 1 aromatic carbocycles. The predicted molar refractivity (Wildman–Crippen MR) is 72.9 cm³/mol. The number of benzene rings is 1. The van der Waals surface area contributed by atoms with Crippen LogP contribution in [0.5, 0.6) is 11.6 Å². The van der Waals surface area contributed by atoms with Crippen molar-refractivity contribution in [2.75, 3.05) is 5.73 Å². The van der Waals surface area contributed by atoms with E-state index in [1.807, 2.05) is 12.1 Å². The van der Waals surface area contributed by atoms with Gasteiger partial charge in [0.2, 0.25) is 5.88 Å². The van der Waals surface area contributed by atoms with Crippen LogP contribution in [0.25, 0.3) is 0 Å². The quantitative estimate of drug-likeness (QED) is 0.878. The van der Waals surface area contributed by atoms with Crippen LogP contribution in [0, 0.1) is 0 Å². The molecule has 0 saturated carbocycles. The van der Waals surface area contributed by atoms with Gasteiger partial charge in [0.25, 0.3) is 0 Å². The standard InChI is InChI=1S/C11H7BrCl2N2O/c12-6-1-3-7(4-2-6)17-11-9(14)5-8(13)10(15)16-11/h1-5H,(H2,15,16). The Morgan fingerprint density at radius 1 is 1.12 bits per heavy atom. The third-order valence-electron chi connectivity index (χ3n) is 1.95. The normalized spacial score (nSPS) is 10.3. The minimum Gasteiger partial charge on any atom is -0.437 e. The summed E-state index contributed by atoms with van der Waals surface area (Å²) in [7, 11) is 0. The molecule has 88 valence electrons. The molecule has 0 fully saturated rings. The van der Waals surface area contributed by atoms with Gasteiger partial charge >= 0.3 is 0 Å². The van der Waals surface area contributed by atoms with Crippen LogP contribution >= 0.6 is 39.1 Å². The van der Waals surface area contributed by atoms with E-state index < -0.39 is 0 Å². The van der Waals surface area contributed by atoms with Crippen molar-refractivity contribution >= 4 is 44.9 Å². The monoisotopic (exact) mass is 332 g/mol. The summed E-state index contributed by atoms with van der Waals surface area (Å²) < 4.78 is 6.46. The number of anilines is 1. The molecule has 0 aliphatic rings. The smallest absolute Gasteiger partial charge is 0.240 e. The van der Waals surface area contributed by atoms with Crippen molar-refractivity contribution in [3.63, 3.8) is 0 Å². The molecule has 17 heavy (non-hydrogen) atoms. The average molecular weight is 334 g/mol. The van der Waals surface area contributed by atoms with Crippen molar-refractivity contribution in [2.45, 2.75) is 0 Å². The van der Waals surface area contributed by atoms with Gasteiger partial charge in [0, 0.05) is 4.47 Å². The van der Waals surface area contributed by atoms with Crippen LogP contribution in [0.1, 0.15) is 0 Å². The largest absolute Gasteiger partial charge is 0.437 e. The fraction of sp³-hybridized carbons (Fsp3) is 0. The molecule has 0 aliphatic heterocycles. The lowest BCUT2D eigenvalue weighted by Gasteiger charge is -2.08. The van der Waals surface area contributed by atoms with E-state index in [-0.39, 0.29) is 11.7 Å². The summed E-state index contributed by atoms with van der Waals surface area (Å²) in [5.74, 6) is 1.03. The second-order valence-electron chi connectivity index (χ2n) is 3.20. The fourth-order valence-corrected chi connectivity index (χ4v) is 1.81. The zero-order valence-corrected chi connectivity index (χ0v) is 11.6. The summed E-state index contributed by atoms with van der Waals surface area (Å²) in [6.07, 6.45) is 0. The van der Waals surface area contributed by atoms with Crippen molar-refractivity contribution < 1.29 is 4.74 Å². The highest BCUT2D eigenvalue weighted by Gasteiger charge is 2.09. The lowest BCUT2D eigenvalue weighted by Crippen LogP contribution is -1.95. The molecule has 0 spiro atoms. The van der Waals surface area contributed by atoms with Gasteiger partial charge in [-0.2, -0.15) is 4.98 Å². The highest BCUT2D eigenvalue weighted by Crippen LogP contribution is 2.32. The highest BCUT2D eigenvalue weighted by molar-refractivity contribution is 9.10. The molecule has 2 rings (SSSR count). The fourth-order valence-electron chi connectivity index (χ4n) is 1.15. The Balaban J connectivity index is 2.30. The number of nitrogen functional groups attached to an aromatic ring is 1. The minimum atomic E-state index is 0.183. The maximum Gasteiger partial charge on any atom is 0.240 e. The van der Waals surface area contributed by atoms with Crippen LogP contribution in [0.3, 0.4) is 0 Å². The third kappa shape index (κ3) is 3.03. The van der Waals surface area contributed by atoms with Crippen LogP contribution in [-0.2, 0) is 0 Å². The Hall–Kier alpha value is -0.970. The molecule has 0 aliphatic carbocycles. The van der Waals surface area contributed by atoms with E-state index in [9.17, 15) is 0 Å². The molecule has 1 heterocycles. The van der Waals surface area contributed by atoms with Crippen LogP contribution in [0.2, 0.25) is 10.0 Å². The molecule has 0 saturated heterocycles. The summed E-state index contributed by atoms with van der Waals surface area (Å²) >= 11 is 15.1. The Kier molecular flexibility index (Phi) is 3.76. The first-order valence-electron chi connectivity index (χ1n) is 4.61. The third-order valence-corrected chi connectivity index (χ3v) is 3.05. The second-order valence-corrected chi connectivity index (χ2v) is 4.93. The molecule has 0 radical (unpaired) electrons.